The number of benzene rings is 1. The number of nitrogens with one attached hydrogen (secondary N) is 1. The van der Waals surface area contributed by atoms with Crippen LogP contribution in [0.2, 0.25) is 5.02 Å². The van der Waals surface area contributed by atoms with Gasteiger partial charge in [0.15, 0.2) is 0 Å². The van der Waals surface area contributed by atoms with Gasteiger partial charge >= 0.3 is 0 Å². The summed E-state index contributed by atoms with van der Waals surface area (Å²) in [7, 11) is 0. The summed E-state index contributed by atoms with van der Waals surface area (Å²) in [4.78, 5) is 4.87. The van der Waals surface area contributed by atoms with Gasteiger partial charge in [-0.25, -0.2) is 4.98 Å². The number of nitrogens with zero attached hydrogens (tertiary/aromatic N) is 2. The molecule has 1 aliphatic heterocycles. The molecule has 1 saturated heterocycles. The average molecular weight is 308 g/mol. The number of aromatic nitrogens is 2. The van der Waals surface area contributed by atoms with E-state index in [2.05, 4.69) is 23.7 Å². The van der Waals surface area contributed by atoms with E-state index in [9.17, 15) is 0 Å². The molecule has 1 aliphatic rings. The molecule has 4 nitrogen and oxygen atoms in total. The van der Waals surface area contributed by atoms with Crippen molar-refractivity contribution in [1.29, 1.82) is 0 Å². The van der Waals surface area contributed by atoms with Crippen LogP contribution in [0.5, 0.6) is 0 Å². The zero-order valence-corrected chi connectivity index (χ0v) is 13.4. The van der Waals surface area contributed by atoms with Gasteiger partial charge in [-0.2, -0.15) is 0 Å². The molecule has 1 fully saturated rings. The molecule has 2 atom stereocenters. The predicted octanol–water partition coefficient (Wildman–Crippen LogP) is 3.19. The summed E-state index contributed by atoms with van der Waals surface area (Å²) in [6.07, 6.45) is 1.06. The summed E-state index contributed by atoms with van der Waals surface area (Å²) in [5, 5.41) is 4.29. The highest BCUT2D eigenvalue weighted by Gasteiger charge is 2.33. The fourth-order valence-electron chi connectivity index (χ4n) is 3.16. The second kappa shape index (κ2) is 6.34. The number of ether oxygens (including phenoxy) is 1. The first-order chi connectivity index (χ1) is 10.3. The summed E-state index contributed by atoms with van der Waals surface area (Å²) < 4.78 is 7.97. The molecule has 1 aromatic carbocycles. The highest BCUT2D eigenvalue weighted by atomic mass is 35.5. The summed E-state index contributed by atoms with van der Waals surface area (Å²) in [5.74, 6) is 1.39. The molecule has 3 rings (SSSR count). The second-order valence-corrected chi connectivity index (χ2v) is 5.94. The lowest BCUT2D eigenvalue weighted by molar-refractivity contribution is 0.187. The SMILES string of the molecule is CCCn1c(C2COCC2NCC)nc2cccc(Cl)c21. The Labute approximate surface area is 130 Å². The Bertz CT molecular complexity index is 625. The van der Waals surface area contributed by atoms with Crippen LogP contribution >= 0.6 is 11.6 Å². The predicted molar refractivity (Wildman–Crippen MR) is 86.1 cm³/mol. The largest absolute Gasteiger partial charge is 0.379 e. The van der Waals surface area contributed by atoms with Crippen LogP contribution in [0.25, 0.3) is 11.0 Å². The quantitative estimate of drug-likeness (QED) is 0.922. The maximum Gasteiger partial charge on any atom is 0.117 e. The van der Waals surface area contributed by atoms with Gasteiger partial charge in [-0.3, -0.25) is 0 Å². The van der Waals surface area contributed by atoms with Gasteiger partial charge in [0.05, 0.1) is 35.2 Å². The molecule has 1 N–H and O–H groups in total. The third-order valence-corrected chi connectivity index (χ3v) is 4.38. The van der Waals surface area contributed by atoms with Crippen molar-refractivity contribution in [2.45, 2.75) is 38.8 Å². The number of para-hydroxylation sites is 1. The zero-order chi connectivity index (χ0) is 14.8. The summed E-state index contributed by atoms with van der Waals surface area (Å²) in [5.41, 5.74) is 2.03. The Morgan fingerprint density at radius 1 is 1.38 bits per heavy atom. The molecule has 0 bridgehead atoms. The number of imidazole rings is 1. The molecule has 0 saturated carbocycles. The first-order valence-electron chi connectivity index (χ1n) is 7.72. The van der Waals surface area contributed by atoms with E-state index in [1.54, 1.807) is 0 Å². The summed E-state index contributed by atoms with van der Waals surface area (Å²) >= 11 is 6.41. The van der Waals surface area contributed by atoms with Crippen LogP contribution in [-0.2, 0) is 11.3 Å². The van der Waals surface area contributed by atoms with E-state index in [1.807, 2.05) is 18.2 Å². The van der Waals surface area contributed by atoms with Crippen molar-refractivity contribution in [2.24, 2.45) is 0 Å². The zero-order valence-electron chi connectivity index (χ0n) is 12.6. The Morgan fingerprint density at radius 2 is 2.24 bits per heavy atom. The minimum absolute atomic E-state index is 0.292. The molecule has 2 heterocycles. The van der Waals surface area contributed by atoms with Gasteiger partial charge < -0.3 is 14.6 Å². The lowest BCUT2D eigenvalue weighted by Gasteiger charge is -2.19. The maximum absolute atomic E-state index is 6.41. The standard InChI is InChI=1S/C16H22ClN3O/c1-3-8-20-15-12(17)6-5-7-13(15)19-16(20)11-9-21-10-14(11)18-4-2/h5-7,11,14,18H,3-4,8-10H2,1-2H3. The van der Waals surface area contributed by atoms with Gasteiger partial charge in [0.25, 0.3) is 0 Å². The summed E-state index contributed by atoms with van der Waals surface area (Å²) in [6, 6.07) is 6.27. The third kappa shape index (κ3) is 2.68. The first kappa shape index (κ1) is 14.8. The smallest absolute Gasteiger partial charge is 0.117 e. The topological polar surface area (TPSA) is 39.1 Å². The van der Waals surface area contributed by atoms with Gasteiger partial charge in [0.2, 0.25) is 0 Å². The van der Waals surface area contributed by atoms with E-state index in [1.165, 1.54) is 0 Å². The maximum atomic E-state index is 6.41. The van der Waals surface area contributed by atoms with Gasteiger partial charge in [-0.15, -0.1) is 0 Å². The number of hydrogen-bond donors (Lipinski definition) is 1. The van der Waals surface area contributed by atoms with E-state index >= 15 is 0 Å². The Hall–Kier alpha value is -1.10. The molecule has 2 unspecified atom stereocenters. The number of likely N-dealkylation sites (N-methyl/N-ethyl adjacent to an activating group) is 1. The molecule has 0 amide bonds. The molecule has 5 heteroatoms. The molecule has 114 valence electrons. The van der Waals surface area contributed by atoms with Crippen LogP contribution in [-0.4, -0.2) is 35.4 Å². The van der Waals surface area contributed by atoms with Gasteiger partial charge in [-0.1, -0.05) is 31.5 Å². The summed E-state index contributed by atoms with van der Waals surface area (Å²) in [6.45, 7) is 7.66. The lowest BCUT2D eigenvalue weighted by Crippen LogP contribution is -2.35. The third-order valence-electron chi connectivity index (χ3n) is 4.07. The fourth-order valence-corrected chi connectivity index (χ4v) is 3.44. The number of aryl methyl sites for hydroxylation is 1. The van der Waals surface area contributed by atoms with Crippen molar-refractivity contribution in [2.75, 3.05) is 19.8 Å². The van der Waals surface area contributed by atoms with Gasteiger partial charge in [0, 0.05) is 12.6 Å². The van der Waals surface area contributed by atoms with Crippen molar-refractivity contribution in [3.8, 4) is 0 Å². The first-order valence-corrected chi connectivity index (χ1v) is 8.09. The monoisotopic (exact) mass is 307 g/mol. The molecular formula is C16H22ClN3O. The average Bonchev–Trinajstić information content (AvgIpc) is 3.05. The Morgan fingerprint density at radius 3 is 3.00 bits per heavy atom. The minimum Gasteiger partial charge on any atom is -0.379 e. The fraction of sp³-hybridized carbons (Fsp3) is 0.562. The van der Waals surface area contributed by atoms with E-state index in [0.29, 0.717) is 12.0 Å². The molecule has 1 aromatic heterocycles. The lowest BCUT2D eigenvalue weighted by atomic mass is 10.0. The van der Waals surface area contributed by atoms with E-state index in [0.717, 1.165) is 54.6 Å². The number of hydrogen-bond acceptors (Lipinski definition) is 3. The number of rotatable bonds is 5. The second-order valence-electron chi connectivity index (χ2n) is 5.54. The molecule has 0 radical (unpaired) electrons. The number of halogens is 1. The van der Waals surface area contributed by atoms with Crippen LogP contribution < -0.4 is 5.32 Å². The molecular weight excluding hydrogens is 286 g/mol. The van der Waals surface area contributed by atoms with Gasteiger partial charge in [-0.05, 0) is 25.1 Å². The van der Waals surface area contributed by atoms with Crippen molar-refractivity contribution >= 4 is 22.6 Å². The number of fused-ring (bicyclic) bond motifs is 1. The van der Waals surface area contributed by atoms with Crippen molar-refractivity contribution < 1.29 is 4.74 Å². The van der Waals surface area contributed by atoms with Crippen LogP contribution in [0.15, 0.2) is 18.2 Å². The molecule has 21 heavy (non-hydrogen) atoms. The molecule has 2 aromatic rings. The van der Waals surface area contributed by atoms with Crippen molar-refractivity contribution in [1.82, 2.24) is 14.9 Å². The van der Waals surface area contributed by atoms with Crippen LogP contribution in [0.1, 0.15) is 32.0 Å². The van der Waals surface area contributed by atoms with Crippen LogP contribution in [0.4, 0.5) is 0 Å². The van der Waals surface area contributed by atoms with E-state index < -0.39 is 0 Å². The Kier molecular flexibility index (Phi) is 4.48. The highest BCUT2D eigenvalue weighted by molar-refractivity contribution is 6.35. The van der Waals surface area contributed by atoms with Gasteiger partial charge in [0.1, 0.15) is 5.82 Å². The highest BCUT2D eigenvalue weighted by Crippen LogP contribution is 2.31. The molecule has 0 aliphatic carbocycles. The van der Waals surface area contributed by atoms with Crippen molar-refractivity contribution in [3.63, 3.8) is 0 Å². The van der Waals surface area contributed by atoms with Crippen LogP contribution in [0.3, 0.4) is 0 Å². The van der Waals surface area contributed by atoms with Crippen LogP contribution in [0, 0.1) is 0 Å². The van der Waals surface area contributed by atoms with E-state index in [4.69, 9.17) is 21.3 Å². The Balaban J connectivity index is 2.08. The van der Waals surface area contributed by atoms with E-state index in [-0.39, 0.29) is 0 Å². The normalized spacial score (nSPS) is 22.2. The minimum atomic E-state index is 0.292. The molecule has 0 spiro atoms. The van der Waals surface area contributed by atoms with Crippen molar-refractivity contribution in [3.05, 3.63) is 29.0 Å².